The molecule has 2 aliphatic rings. The number of hydrogen-bond donors (Lipinski definition) is 1. The number of benzene rings is 1. The number of likely N-dealkylation sites (tertiary alicyclic amines) is 1. The third-order valence-electron chi connectivity index (χ3n) is 5.12. The Morgan fingerprint density at radius 3 is 2.62 bits per heavy atom. The smallest absolute Gasteiger partial charge is 0.317 e. The fourth-order valence-corrected chi connectivity index (χ4v) is 3.78. The molecule has 2 amide bonds. The molecule has 2 heterocycles. The molecule has 5 nitrogen and oxygen atoms in total. The van der Waals surface area contributed by atoms with Crippen molar-refractivity contribution < 1.29 is 14.3 Å². The number of carbonyl (C=O) groups excluding carboxylic acids is 1. The molecule has 1 N–H and O–H groups in total. The van der Waals surface area contributed by atoms with Crippen molar-refractivity contribution in [2.75, 3.05) is 39.5 Å². The van der Waals surface area contributed by atoms with E-state index in [-0.39, 0.29) is 6.03 Å². The van der Waals surface area contributed by atoms with E-state index in [1.54, 1.807) is 0 Å². The van der Waals surface area contributed by atoms with Crippen LogP contribution >= 0.6 is 0 Å². The van der Waals surface area contributed by atoms with E-state index >= 15 is 0 Å². The van der Waals surface area contributed by atoms with E-state index in [0.717, 1.165) is 51.3 Å². The maximum absolute atomic E-state index is 12.3. The minimum Gasteiger partial charge on any atom is -0.492 e. The van der Waals surface area contributed by atoms with Crippen LogP contribution in [0, 0.1) is 19.3 Å². The maximum atomic E-state index is 12.3. The van der Waals surface area contributed by atoms with Gasteiger partial charge in [0.05, 0.1) is 6.54 Å². The van der Waals surface area contributed by atoms with Crippen molar-refractivity contribution in [1.82, 2.24) is 10.2 Å². The fourth-order valence-electron chi connectivity index (χ4n) is 3.78. The number of carbonyl (C=O) groups is 1. The molecule has 1 aromatic carbocycles. The zero-order chi connectivity index (χ0) is 17.0. The van der Waals surface area contributed by atoms with Crippen LogP contribution < -0.4 is 10.1 Å². The summed E-state index contributed by atoms with van der Waals surface area (Å²) >= 11 is 0. The van der Waals surface area contributed by atoms with Gasteiger partial charge >= 0.3 is 6.03 Å². The lowest BCUT2D eigenvalue weighted by Crippen LogP contribution is -2.42. The van der Waals surface area contributed by atoms with E-state index in [1.807, 2.05) is 17.0 Å². The predicted octanol–water partition coefficient (Wildman–Crippen LogP) is 2.89. The van der Waals surface area contributed by atoms with Gasteiger partial charge in [0, 0.05) is 26.3 Å². The van der Waals surface area contributed by atoms with Gasteiger partial charge in [0.1, 0.15) is 12.4 Å². The Hall–Kier alpha value is -1.75. The van der Waals surface area contributed by atoms with Gasteiger partial charge in [-0.15, -0.1) is 0 Å². The van der Waals surface area contributed by atoms with E-state index in [0.29, 0.717) is 18.6 Å². The van der Waals surface area contributed by atoms with Crippen LogP contribution in [0.2, 0.25) is 0 Å². The average molecular weight is 332 g/mol. The molecule has 1 aromatic rings. The zero-order valence-electron chi connectivity index (χ0n) is 14.8. The highest BCUT2D eigenvalue weighted by Crippen LogP contribution is 2.39. The van der Waals surface area contributed by atoms with Crippen molar-refractivity contribution in [3.8, 4) is 5.75 Å². The minimum absolute atomic E-state index is 0.0300. The number of hydrogen-bond acceptors (Lipinski definition) is 3. The number of urea groups is 1. The third-order valence-corrected chi connectivity index (χ3v) is 5.12. The summed E-state index contributed by atoms with van der Waals surface area (Å²) in [5.74, 6) is 0.865. The molecule has 0 aromatic heterocycles. The van der Waals surface area contributed by atoms with Gasteiger partial charge in [-0.05, 0) is 61.8 Å². The van der Waals surface area contributed by atoms with Crippen molar-refractivity contribution in [3.63, 3.8) is 0 Å². The summed E-state index contributed by atoms with van der Waals surface area (Å²) in [5, 5.41) is 2.98. The number of ether oxygens (including phenoxy) is 2. The molecule has 0 atom stereocenters. The van der Waals surface area contributed by atoms with Gasteiger partial charge in [0.25, 0.3) is 0 Å². The summed E-state index contributed by atoms with van der Waals surface area (Å²) in [6.45, 7) is 8.50. The van der Waals surface area contributed by atoms with Gasteiger partial charge < -0.3 is 19.7 Å². The highest BCUT2D eigenvalue weighted by Gasteiger charge is 2.40. The minimum atomic E-state index is 0.0300. The Morgan fingerprint density at radius 2 is 1.92 bits per heavy atom. The summed E-state index contributed by atoms with van der Waals surface area (Å²) < 4.78 is 11.2. The molecule has 0 saturated carbocycles. The van der Waals surface area contributed by atoms with Crippen LogP contribution in [-0.4, -0.2) is 50.4 Å². The van der Waals surface area contributed by atoms with Gasteiger partial charge in [-0.2, -0.15) is 0 Å². The van der Waals surface area contributed by atoms with Gasteiger partial charge in [-0.25, -0.2) is 4.79 Å². The molecular formula is C19H28N2O3. The van der Waals surface area contributed by atoms with E-state index in [4.69, 9.17) is 9.47 Å². The van der Waals surface area contributed by atoms with Crippen LogP contribution in [0.25, 0.3) is 0 Å². The summed E-state index contributed by atoms with van der Waals surface area (Å²) in [6.07, 6.45) is 3.25. The molecule has 2 fully saturated rings. The highest BCUT2D eigenvalue weighted by molar-refractivity contribution is 5.74. The van der Waals surface area contributed by atoms with Gasteiger partial charge in [-0.1, -0.05) is 6.07 Å². The second-order valence-electron chi connectivity index (χ2n) is 7.19. The number of amides is 2. The molecule has 2 aliphatic heterocycles. The van der Waals surface area contributed by atoms with Crippen molar-refractivity contribution in [1.29, 1.82) is 0 Å². The molecule has 5 heteroatoms. The second kappa shape index (κ2) is 7.43. The van der Waals surface area contributed by atoms with Crippen LogP contribution in [0.3, 0.4) is 0 Å². The predicted molar refractivity (Wildman–Crippen MR) is 93.5 cm³/mol. The molecule has 0 unspecified atom stereocenters. The van der Waals surface area contributed by atoms with Crippen molar-refractivity contribution in [2.24, 2.45) is 5.41 Å². The number of rotatable bonds is 4. The summed E-state index contributed by atoms with van der Waals surface area (Å²) in [4.78, 5) is 14.3. The molecule has 132 valence electrons. The number of aryl methyl sites for hydroxylation is 2. The Morgan fingerprint density at radius 1 is 1.21 bits per heavy atom. The molecule has 0 bridgehead atoms. The molecule has 3 rings (SSSR count). The zero-order valence-corrected chi connectivity index (χ0v) is 14.8. The van der Waals surface area contributed by atoms with E-state index in [9.17, 15) is 4.79 Å². The van der Waals surface area contributed by atoms with Crippen LogP contribution in [0.4, 0.5) is 4.79 Å². The summed E-state index contributed by atoms with van der Waals surface area (Å²) in [7, 11) is 0. The molecule has 0 radical (unpaired) electrons. The molecule has 1 spiro atoms. The average Bonchev–Trinajstić information content (AvgIpc) is 2.95. The summed E-state index contributed by atoms with van der Waals surface area (Å²) in [6, 6.07) is 6.19. The first-order valence-corrected chi connectivity index (χ1v) is 8.88. The second-order valence-corrected chi connectivity index (χ2v) is 7.19. The Kier molecular flexibility index (Phi) is 5.29. The largest absolute Gasteiger partial charge is 0.492 e. The Labute approximate surface area is 144 Å². The Balaban J connectivity index is 1.40. The first-order valence-electron chi connectivity index (χ1n) is 8.88. The first-order chi connectivity index (χ1) is 11.6. The molecule has 2 saturated heterocycles. The van der Waals surface area contributed by atoms with E-state index < -0.39 is 0 Å². The van der Waals surface area contributed by atoms with Crippen molar-refractivity contribution in [3.05, 3.63) is 29.3 Å². The monoisotopic (exact) mass is 332 g/mol. The quantitative estimate of drug-likeness (QED) is 0.863. The fraction of sp³-hybridized carbons (Fsp3) is 0.632. The van der Waals surface area contributed by atoms with Gasteiger partial charge in [0.2, 0.25) is 0 Å². The van der Waals surface area contributed by atoms with E-state index in [2.05, 4.69) is 25.2 Å². The maximum Gasteiger partial charge on any atom is 0.317 e. The van der Waals surface area contributed by atoms with Crippen molar-refractivity contribution >= 4 is 6.03 Å². The number of nitrogens with zero attached hydrogens (tertiary/aromatic N) is 1. The highest BCUT2D eigenvalue weighted by atomic mass is 16.5. The lowest BCUT2D eigenvalue weighted by molar-refractivity contribution is 0.0208. The van der Waals surface area contributed by atoms with Crippen LogP contribution in [0.1, 0.15) is 30.4 Å². The SMILES string of the molecule is Cc1cc(C)cc(OCCNC(=O)N2CCC3(CCOCC3)C2)c1. The lowest BCUT2D eigenvalue weighted by atomic mass is 9.80. The first kappa shape index (κ1) is 17.1. The molecule has 24 heavy (non-hydrogen) atoms. The standard InChI is InChI=1S/C19H28N2O3/c1-15-11-16(2)13-17(12-15)24-10-6-20-18(22)21-7-3-19(14-21)4-8-23-9-5-19/h11-13H,3-10,14H2,1-2H3,(H,20,22). The Bertz CT molecular complexity index is 562. The van der Waals surface area contributed by atoms with Crippen LogP contribution in [-0.2, 0) is 4.74 Å². The van der Waals surface area contributed by atoms with Gasteiger partial charge in [-0.3, -0.25) is 0 Å². The normalized spacial score (nSPS) is 19.5. The lowest BCUT2D eigenvalue weighted by Gasteiger charge is -2.33. The van der Waals surface area contributed by atoms with Crippen molar-refractivity contribution in [2.45, 2.75) is 33.1 Å². The van der Waals surface area contributed by atoms with Gasteiger partial charge in [0.15, 0.2) is 0 Å². The number of nitrogens with one attached hydrogen (secondary N) is 1. The molecular weight excluding hydrogens is 304 g/mol. The summed E-state index contributed by atoms with van der Waals surface area (Å²) in [5.41, 5.74) is 2.67. The van der Waals surface area contributed by atoms with E-state index in [1.165, 1.54) is 11.1 Å². The topological polar surface area (TPSA) is 50.8 Å². The third kappa shape index (κ3) is 4.20. The van der Waals surface area contributed by atoms with Crippen LogP contribution in [0.5, 0.6) is 5.75 Å². The molecule has 0 aliphatic carbocycles. The van der Waals surface area contributed by atoms with Crippen LogP contribution in [0.15, 0.2) is 18.2 Å².